The van der Waals surface area contributed by atoms with Crippen molar-refractivity contribution in [1.82, 2.24) is 9.80 Å². The fourth-order valence-electron chi connectivity index (χ4n) is 5.09. The average Bonchev–Trinajstić information content (AvgIpc) is 3.21. The minimum atomic E-state index is -4.16. The summed E-state index contributed by atoms with van der Waals surface area (Å²) in [6.45, 7) is 4.95. The standard InChI is InChI=1S/C18H29F3N2O/c1-2-22-10-4-8-15(22)16-9-5-11-23(16)17(24)13-6-3-7-14(12-13)18(19,20)21/h13-16H,2-12H2,1H3. The van der Waals surface area contributed by atoms with E-state index in [0.717, 1.165) is 45.3 Å². The molecule has 2 heterocycles. The highest BCUT2D eigenvalue weighted by atomic mass is 19.4. The van der Waals surface area contributed by atoms with Crippen LogP contribution in [-0.2, 0) is 4.79 Å². The van der Waals surface area contributed by atoms with Crippen LogP contribution in [0.2, 0.25) is 0 Å². The Kier molecular flexibility index (Phi) is 5.42. The van der Waals surface area contributed by atoms with E-state index >= 15 is 0 Å². The average molecular weight is 346 g/mol. The van der Waals surface area contributed by atoms with Crippen LogP contribution >= 0.6 is 0 Å². The third-order valence-corrected chi connectivity index (χ3v) is 6.33. The molecule has 0 bridgehead atoms. The van der Waals surface area contributed by atoms with Crippen LogP contribution in [0, 0.1) is 11.8 Å². The van der Waals surface area contributed by atoms with Gasteiger partial charge >= 0.3 is 6.18 Å². The van der Waals surface area contributed by atoms with Gasteiger partial charge in [0.1, 0.15) is 0 Å². The van der Waals surface area contributed by atoms with Gasteiger partial charge in [-0.2, -0.15) is 13.2 Å². The molecule has 24 heavy (non-hydrogen) atoms. The van der Waals surface area contributed by atoms with Gasteiger partial charge in [0.15, 0.2) is 0 Å². The molecule has 0 N–H and O–H groups in total. The smallest absolute Gasteiger partial charge is 0.338 e. The number of hydrogen-bond donors (Lipinski definition) is 0. The zero-order chi connectivity index (χ0) is 17.3. The summed E-state index contributed by atoms with van der Waals surface area (Å²) >= 11 is 0. The largest absolute Gasteiger partial charge is 0.391 e. The second-order valence-electron chi connectivity index (χ2n) is 7.68. The van der Waals surface area contributed by atoms with E-state index in [9.17, 15) is 18.0 Å². The Hall–Kier alpha value is -0.780. The molecule has 138 valence electrons. The lowest BCUT2D eigenvalue weighted by Crippen LogP contribution is -2.50. The van der Waals surface area contributed by atoms with Gasteiger partial charge in [0.2, 0.25) is 5.91 Å². The van der Waals surface area contributed by atoms with Crippen molar-refractivity contribution in [3.63, 3.8) is 0 Å². The van der Waals surface area contributed by atoms with Gasteiger partial charge in [0.05, 0.1) is 5.92 Å². The Labute approximate surface area is 142 Å². The molecular weight excluding hydrogens is 317 g/mol. The number of halogens is 3. The van der Waals surface area contributed by atoms with Gasteiger partial charge in [-0.25, -0.2) is 0 Å². The van der Waals surface area contributed by atoms with Gasteiger partial charge in [0.25, 0.3) is 0 Å². The molecular formula is C18H29F3N2O. The second kappa shape index (κ2) is 7.22. The molecule has 3 nitrogen and oxygen atoms in total. The summed E-state index contributed by atoms with van der Waals surface area (Å²) in [6.07, 6.45) is 1.42. The van der Waals surface area contributed by atoms with Crippen molar-refractivity contribution in [1.29, 1.82) is 0 Å². The van der Waals surface area contributed by atoms with Crippen LogP contribution in [0.1, 0.15) is 58.3 Å². The van der Waals surface area contributed by atoms with Gasteiger partial charge < -0.3 is 4.90 Å². The number of alkyl halides is 3. The van der Waals surface area contributed by atoms with Crippen molar-refractivity contribution < 1.29 is 18.0 Å². The van der Waals surface area contributed by atoms with Gasteiger partial charge in [-0.15, -0.1) is 0 Å². The van der Waals surface area contributed by atoms with E-state index in [0.29, 0.717) is 18.9 Å². The third kappa shape index (κ3) is 3.58. The van der Waals surface area contributed by atoms with E-state index in [1.807, 2.05) is 4.90 Å². The third-order valence-electron chi connectivity index (χ3n) is 6.33. The maximum atomic E-state index is 13.0. The molecule has 4 unspecified atom stereocenters. The first-order valence-corrected chi connectivity index (χ1v) is 9.53. The summed E-state index contributed by atoms with van der Waals surface area (Å²) in [5, 5.41) is 0. The number of carbonyl (C=O) groups excluding carboxylic acids is 1. The van der Waals surface area contributed by atoms with Crippen LogP contribution in [0.25, 0.3) is 0 Å². The molecule has 0 aromatic rings. The van der Waals surface area contributed by atoms with E-state index in [1.54, 1.807) is 0 Å². The van der Waals surface area contributed by atoms with Crippen LogP contribution in [0.5, 0.6) is 0 Å². The molecule has 1 amide bonds. The number of likely N-dealkylation sites (tertiary alicyclic amines) is 2. The van der Waals surface area contributed by atoms with Crippen LogP contribution < -0.4 is 0 Å². The maximum Gasteiger partial charge on any atom is 0.391 e. The number of amides is 1. The molecule has 4 atom stereocenters. The van der Waals surface area contributed by atoms with Crippen molar-refractivity contribution in [3.05, 3.63) is 0 Å². The summed E-state index contributed by atoms with van der Waals surface area (Å²) < 4.78 is 39.1. The van der Waals surface area contributed by atoms with E-state index in [2.05, 4.69) is 11.8 Å². The Balaban J connectivity index is 1.67. The topological polar surface area (TPSA) is 23.6 Å². The minimum Gasteiger partial charge on any atom is -0.338 e. The van der Waals surface area contributed by atoms with Crippen molar-refractivity contribution >= 4 is 5.91 Å². The number of hydrogen-bond acceptors (Lipinski definition) is 2. The predicted molar refractivity (Wildman–Crippen MR) is 86.5 cm³/mol. The summed E-state index contributed by atoms with van der Waals surface area (Å²) in [5.41, 5.74) is 0. The normalized spacial score (nSPS) is 35.6. The van der Waals surface area contributed by atoms with Crippen molar-refractivity contribution in [2.75, 3.05) is 19.6 Å². The lowest BCUT2D eigenvalue weighted by Gasteiger charge is -2.38. The molecule has 0 spiro atoms. The molecule has 2 aliphatic heterocycles. The fraction of sp³-hybridized carbons (Fsp3) is 0.944. The number of rotatable bonds is 3. The van der Waals surface area contributed by atoms with Gasteiger partial charge in [-0.1, -0.05) is 13.3 Å². The van der Waals surface area contributed by atoms with Crippen LogP contribution in [0.4, 0.5) is 13.2 Å². The van der Waals surface area contributed by atoms with Crippen molar-refractivity contribution in [3.8, 4) is 0 Å². The highest BCUT2D eigenvalue weighted by molar-refractivity contribution is 5.79. The summed E-state index contributed by atoms with van der Waals surface area (Å²) in [5.74, 6) is -1.73. The summed E-state index contributed by atoms with van der Waals surface area (Å²) in [6, 6.07) is 0.620. The van der Waals surface area contributed by atoms with E-state index in [4.69, 9.17) is 0 Å². The lowest BCUT2D eigenvalue weighted by molar-refractivity contribution is -0.187. The quantitative estimate of drug-likeness (QED) is 0.775. The second-order valence-corrected chi connectivity index (χ2v) is 7.68. The van der Waals surface area contributed by atoms with Crippen LogP contribution in [0.3, 0.4) is 0 Å². The van der Waals surface area contributed by atoms with Crippen molar-refractivity contribution in [2.24, 2.45) is 11.8 Å². The van der Waals surface area contributed by atoms with E-state index in [-0.39, 0.29) is 24.8 Å². The van der Waals surface area contributed by atoms with Gasteiger partial charge in [-0.3, -0.25) is 9.69 Å². The molecule has 0 aromatic carbocycles. The first kappa shape index (κ1) is 18.0. The number of likely N-dealkylation sites (N-methyl/N-ethyl adjacent to an activating group) is 1. The fourth-order valence-corrected chi connectivity index (χ4v) is 5.09. The highest BCUT2D eigenvalue weighted by Gasteiger charge is 2.46. The van der Waals surface area contributed by atoms with Crippen LogP contribution in [0.15, 0.2) is 0 Å². The monoisotopic (exact) mass is 346 g/mol. The summed E-state index contributed by atoms with van der Waals surface area (Å²) in [4.78, 5) is 17.4. The maximum absolute atomic E-state index is 13.0. The Morgan fingerprint density at radius 3 is 2.42 bits per heavy atom. The van der Waals surface area contributed by atoms with Crippen LogP contribution in [-0.4, -0.2) is 53.6 Å². The minimum absolute atomic E-state index is 0.00518. The zero-order valence-electron chi connectivity index (χ0n) is 14.5. The zero-order valence-corrected chi connectivity index (χ0v) is 14.5. The van der Waals surface area contributed by atoms with E-state index in [1.165, 1.54) is 0 Å². The molecule has 3 aliphatic rings. The number of nitrogens with zero attached hydrogens (tertiary/aromatic N) is 2. The first-order valence-electron chi connectivity index (χ1n) is 9.53. The molecule has 0 aromatic heterocycles. The SMILES string of the molecule is CCN1CCCC1C1CCCN1C(=O)C1CCCC(C(F)(F)F)C1. The molecule has 0 radical (unpaired) electrons. The van der Waals surface area contributed by atoms with E-state index < -0.39 is 18.0 Å². The van der Waals surface area contributed by atoms with Crippen molar-refractivity contribution in [2.45, 2.75) is 76.6 Å². The summed E-state index contributed by atoms with van der Waals surface area (Å²) in [7, 11) is 0. The molecule has 1 aliphatic carbocycles. The highest BCUT2D eigenvalue weighted by Crippen LogP contribution is 2.41. The Bertz CT molecular complexity index is 454. The molecule has 3 rings (SSSR count). The lowest BCUT2D eigenvalue weighted by atomic mass is 9.80. The molecule has 1 saturated carbocycles. The van der Waals surface area contributed by atoms with Gasteiger partial charge in [0, 0.05) is 24.5 Å². The Morgan fingerprint density at radius 1 is 1.00 bits per heavy atom. The molecule has 3 fully saturated rings. The molecule has 6 heteroatoms. The Morgan fingerprint density at radius 2 is 1.71 bits per heavy atom. The predicted octanol–water partition coefficient (Wildman–Crippen LogP) is 3.83. The first-order chi connectivity index (χ1) is 11.4. The molecule has 2 saturated heterocycles. The van der Waals surface area contributed by atoms with Gasteiger partial charge in [-0.05, 0) is 58.0 Å². The number of carbonyl (C=O) groups is 1.